The molecule has 1 saturated carbocycles. The fraction of sp³-hybridized carbons (Fsp3) is 0.556. The number of hydrogen-bond donors (Lipinski definition) is 2. The number of amides is 1. The maximum atomic E-state index is 12.8. The molecule has 1 aliphatic rings. The van der Waals surface area contributed by atoms with Gasteiger partial charge in [0.05, 0.1) is 11.3 Å². The largest absolute Gasteiger partial charge is 0.481 e. The van der Waals surface area contributed by atoms with Gasteiger partial charge in [-0.15, -0.1) is 0 Å². The lowest BCUT2D eigenvalue weighted by atomic mass is 9.78. The molecule has 2 N–H and O–H groups in total. The van der Waals surface area contributed by atoms with E-state index in [0.717, 1.165) is 37.7 Å². The Morgan fingerprint density at radius 2 is 1.86 bits per heavy atom. The first kappa shape index (κ1) is 16.5. The molecule has 120 valence electrons. The maximum absolute atomic E-state index is 12.8. The van der Waals surface area contributed by atoms with E-state index in [1.807, 2.05) is 37.3 Å². The van der Waals surface area contributed by atoms with Gasteiger partial charge in [-0.2, -0.15) is 0 Å². The zero-order valence-corrected chi connectivity index (χ0v) is 13.2. The summed E-state index contributed by atoms with van der Waals surface area (Å²) in [7, 11) is 0. The molecule has 1 fully saturated rings. The van der Waals surface area contributed by atoms with Crippen LogP contribution >= 0.6 is 0 Å². The predicted octanol–water partition coefficient (Wildman–Crippen LogP) is 3.12. The van der Waals surface area contributed by atoms with Crippen LogP contribution in [-0.4, -0.2) is 23.5 Å². The molecule has 1 unspecified atom stereocenters. The van der Waals surface area contributed by atoms with Gasteiger partial charge < -0.3 is 10.4 Å². The number of carbonyl (C=O) groups excluding carboxylic acids is 1. The normalized spacial score (nSPS) is 17.9. The molecular formula is C18H25NO3. The van der Waals surface area contributed by atoms with E-state index in [9.17, 15) is 14.7 Å². The van der Waals surface area contributed by atoms with Crippen LogP contribution in [0.15, 0.2) is 30.3 Å². The number of carboxylic acids is 1. The van der Waals surface area contributed by atoms with Gasteiger partial charge in [0.2, 0.25) is 5.91 Å². The Bertz CT molecular complexity index is 506. The highest BCUT2D eigenvalue weighted by molar-refractivity contribution is 5.89. The molecule has 0 radical (unpaired) electrons. The van der Waals surface area contributed by atoms with Gasteiger partial charge in [0.15, 0.2) is 0 Å². The number of aliphatic carboxylic acids is 1. The summed E-state index contributed by atoms with van der Waals surface area (Å²) >= 11 is 0. The third kappa shape index (κ3) is 3.49. The molecule has 2 rings (SSSR count). The van der Waals surface area contributed by atoms with E-state index in [2.05, 4.69) is 5.32 Å². The van der Waals surface area contributed by atoms with Crippen molar-refractivity contribution in [2.75, 3.05) is 6.54 Å². The minimum Gasteiger partial charge on any atom is -0.481 e. The topological polar surface area (TPSA) is 66.4 Å². The molecule has 0 saturated heterocycles. The van der Waals surface area contributed by atoms with Gasteiger partial charge in [0.25, 0.3) is 0 Å². The van der Waals surface area contributed by atoms with Crippen LogP contribution in [0, 0.1) is 5.92 Å². The van der Waals surface area contributed by atoms with E-state index in [4.69, 9.17) is 0 Å². The minimum absolute atomic E-state index is 0.0152. The SMILES string of the molecule is CCCC(CNC(=O)C1(c2ccccc2)CCCC1)C(=O)O. The van der Waals surface area contributed by atoms with E-state index in [1.54, 1.807) is 0 Å². The van der Waals surface area contributed by atoms with Crippen molar-refractivity contribution < 1.29 is 14.7 Å². The Morgan fingerprint density at radius 3 is 2.41 bits per heavy atom. The monoisotopic (exact) mass is 303 g/mol. The molecule has 1 aromatic carbocycles. The minimum atomic E-state index is -0.831. The fourth-order valence-corrected chi connectivity index (χ4v) is 3.43. The van der Waals surface area contributed by atoms with Crippen LogP contribution in [0.3, 0.4) is 0 Å². The zero-order chi connectivity index (χ0) is 16.0. The predicted molar refractivity (Wildman–Crippen MR) is 85.6 cm³/mol. The Morgan fingerprint density at radius 1 is 1.23 bits per heavy atom. The van der Waals surface area contributed by atoms with Crippen molar-refractivity contribution in [1.82, 2.24) is 5.32 Å². The molecule has 0 heterocycles. The lowest BCUT2D eigenvalue weighted by Gasteiger charge is -2.29. The number of carboxylic acid groups (broad SMARTS) is 1. The van der Waals surface area contributed by atoms with Gasteiger partial charge in [-0.1, -0.05) is 56.5 Å². The standard InChI is InChI=1S/C18H25NO3/c1-2-8-14(16(20)21)13-19-17(22)18(11-6-7-12-18)15-9-4-3-5-10-15/h3-5,9-10,14H,2,6-8,11-13H2,1H3,(H,19,22)(H,20,21). The average molecular weight is 303 g/mol. The second kappa shape index (κ2) is 7.43. The number of rotatable bonds is 7. The van der Waals surface area contributed by atoms with Gasteiger partial charge in [-0.3, -0.25) is 9.59 Å². The molecule has 0 spiro atoms. The van der Waals surface area contributed by atoms with Gasteiger partial charge in [0.1, 0.15) is 0 Å². The van der Waals surface area contributed by atoms with E-state index in [-0.39, 0.29) is 12.5 Å². The van der Waals surface area contributed by atoms with Gasteiger partial charge in [-0.25, -0.2) is 0 Å². The van der Waals surface area contributed by atoms with Crippen molar-refractivity contribution in [3.63, 3.8) is 0 Å². The molecule has 4 heteroatoms. The Labute approximate surface area is 131 Å². The molecule has 0 aliphatic heterocycles. The summed E-state index contributed by atoms with van der Waals surface area (Å²) in [6.45, 7) is 2.18. The van der Waals surface area contributed by atoms with Crippen molar-refractivity contribution in [3.05, 3.63) is 35.9 Å². The van der Waals surface area contributed by atoms with Crippen LogP contribution in [0.1, 0.15) is 51.0 Å². The molecule has 0 bridgehead atoms. The number of nitrogens with one attached hydrogen (secondary N) is 1. The van der Waals surface area contributed by atoms with Crippen molar-refractivity contribution >= 4 is 11.9 Å². The molecule has 0 aromatic heterocycles. The molecular weight excluding hydrogens is 278 g/mol. The first-order chi connectivity index (χ1) is 10.6. The van der Waals surface area contributed by atoms with Gasteiger partial charge >= 0.3 is 5.97 Å². The molecule has 22 heavy (non-hydrogen) atoms. The van der Waals surface area contributed by atoms with Crippen LogP contribution in [0.25, 0.3) is 0 Å². The van der Waals surface area contributed by atoms with Crippen LogP contribution < -0.4 is 5.32 Å². The second-order valence-electron chi connectivity index (χ2n) is 6.19. The fourth-order valence-electron chi connectivity index (χ4n) is 3.43. The Balaban J connectivity index is 2.10. The molecule has 4 nitrogen and oxygen atoms in total. The third-order valence-corrected chi connectivity index (χ3v) is 4.71. The highest BCUT2D eigenvalue weighted by atomic mass is 16.4. The van der Waals surface area contributed by atoms with Crippen molar-refractivity contribution in [2.45, 2.75) is 50.9 Å². The lowest BCUT2D eigenvalue weighted by Crippen LogP contribution is -2.45. The highest BCUT2D eigenvalue weighted by Gasteiger charge is 2.42. The molecule has 1 amide bonds. The summed E-state index contributed by atoms with van der Waals surface area (Å²) in [5.74, 6) is -1.34. The average Bonchev–Trinajstić information content (AvgIpc) is 3.02. The molecule has 1 aromatic rings. The highest BCUT2D eigenvalue weighted by Crippen LogP contribution is 2.41. The first-order valence-corrected chi connectivity index (χ1v) is 8.17. The summed E-state index contributed by atoms with van der Waals surface area (Å²) in [5, 5.41) is 12.1. The van der Waals surface area contributed by atoms with Crippen LogP contribution in [0.4, 0.5) is 0 Å². The first-order valence-electron chi connectivity index (χ1n) is 8.17. The maximum Gasteiger partial charge on any atom is 0.308 e. The van der Waals surface area contributed by atoms with Crippen molar-refractivity contribution in [3.8, 4) is 0 Å². The Kier molecular flexibility index (Phi) is 5.58. The number of benzene rings is 1. The number of carbonyl (C=O) groups is 2. The quantitative estimate of drug-likeness (QED) is 0.813. The van der Waals surface area contributed by atoms with Gasteiger partial charge in [0, 0.05) is 6.54 Å². The van der Waals surface area contributed by atoms with E-state index < -0.39 is 17.3 Å². The van der Waals surface area contributed by atoms with Crippen molar-refractivity contribution in [2.24, 2.45) is 5.92 Å². The second-order valence-corrected chi connectivity index (χ2v) is 6.19. The summed E-state index contributed by atoms with van der Waals surface area (Å²) in [4.78, 5) is 24.0. The zero-order valence-electron chi connectivity index (χ0n) is 13.2. The van der Waals surface area contributed by atoms with Crippen LogP contribution in [-0.2, 0) is 15.0 Å². The van der Waals surface area contributed by atoms with Crippen LogP contribution in [0.5, 0.6) is 0 Å². The van der Waals surface area contributed by atoms with Crippen LogP contribution in [0.2, 0.25) is 0 Å². The summed E-state index contributed by atoms with van der Waals surface area (Å²) in [6.07, 6.45) is 5.16. The Hall–Kier alpha value is -1.84. The summed E-state index contributed by atoms with van der Waals surface area (Å²) in [5.41, 5.74) is 0.573. The van der Waals surface area contributed by atoms with E-state index in [1.165, 1.54) is 0 Å². The lowest BCUT2D eigenvalue weighted by molar-refractivity contribution is -0.142. The van der Waals surface area contributed by atoms with Crippen molar-refractivity contribution in [1.29, 1.82) is 0 Å². The molecule has 1 atom stereocenters. The summed E-state index contributed by atoms with van der Waals surface area (Å²) in [6, 6.07) is 9.88. The van der Waals surface area contributed by atoms with E-state index in [0.29, 0.717) is 6.42 Å². The third-order valence-electron chi connectivity index (χ3n) is 4.71. The molecule has 1 aliphatic carbocycles. The van der Waals surface area contributed by atoms with E-state index >= 15 is 0 Å². The van der Waals surface area contributed by atoms with Gasteiger partial charge in [-0.05, 0) is 24.8 Å². The smallest absolute Gasteiger partial charge is 0.308 e. The summed E-state index contributed by atoms with van der Waals surface area (Å²) < 4.78 is 0. The number of hydrogen-bond acceptors (Lipinski definition) is 2.